The number of amides is 2. The van der Waals surface area contributed by atoms with Gasteiger partial charge in [-0.25, -0.2) is 18.4 Å². The number of nitrogens with zero attached hydrogens (tertiary/aromatic N) is 7. The molecule has 0 aliphatic rings. The van der Waals surface area contributed by atoms with E-state index >= 15 is 0 Å². The Morgan fingerprint density at radius 1 is 1.22 bits per heavy atom. The zero-order chi connectivity index (χ0) is 26.4. The fraction of sp³-hybridized carbons (Fsp3) is 0.182. The van der Waals surface area contributed by atoms with E-state index in [0.29, 0.717) is 22.2 Å². The van der Waals surface area contributed by atoms with Gasteiger partial charge in [-0.15, -0.1) is 11.3 Å². The largest absolute Gasteiger partial charge is 0.365 e. The number of fused-ring (bicyclic) bond motifs is 1. The molecule has 37 heavy (non-hydrogen) atoms. The number of aromatic nitrogens is 7. The fourth-order valence-electron chi connectivity index (χ4n) is 3.90. The highest BCUT2D eigenvalue weighted by atomic mass is 79.9. The monoisotopic (exact) mass is 589 g/mol. The Labute approximate surface area is 220 Å². The van der Waals surface area contributed by atoms with Crippen LogP contribution in [-0.2, 0) is 13.7 Å². The first-order chi connectivity index (χ1) is 17.6. The van der Waals surface area contributed by atoms with Gasteiger partial charge in [-0.05, 0) is 40.5 Å². The van der Waals surface area contributed by atoms with Crippen LogP contribution in [0.25, 0.3) is 21.3 Å². The first kappa shape index (κ1) is 24.7. The van der Waals surface area contributed by atoms with Gasteiger partial charge in [0.05, 0.1) is 22.1 Å². The molecule has 0 bridgehead atoms. The van der Waals surface area contributed by atoms with Crippen LogP contribution in [0.4, 0.5) is 14.5 Å². The Kier molecular flexibility index (Phi) is 6.33. The molecule has 0 aliphatic carbocycles. The molecule has 15 heteroatoms. The molecule has 5 aromatic rings. The van der Waals surface area contributed by atoms with Gasteiger partial charge >= 0.3 is 0 Å². The normalized spacial score (nSPS) is 11.5. The van der Waals surface area contributed by atoms with Crippen molar-refractivity contribution in [3.63, 3.8) is 0 Å². The highest BCUT2D eigenvalue weighted by Crippen LogP contribution is 2.43. The van der Waals surface area contributed by atoms with Gasteiger partial charge in [0.1, 0.15) is 22.1 Å². The second kappa shape index (κ2) is 9.48. The minimum Gasteiger partial charge on any atom is -0.365 e. The molecular weight excluding hydrogens is 572 g/mol. The molecule has 190 valence electrons. The van der Waals surface area contributed by atoms with Gasteiger partial charge in [0.15, 0.2) is 5.69 Å². The van der Waals surface area contributed by atoms with Gasteiger partial charge in [0.2, 0.25) is 0 Å². The first-order valence-corrected chi connectivity index (χ1v) is 12.3. The Hall–Kier alpha value is -3.98. The predicted octanol–water partition coefficient (Wildman–Crippen LogP) is 3.96. The molecule has 5 heterocycles. The van der Waals surface area contributed by atoms with Crippen LogP contribution < -0.4 is 11.1 Å². The Bertz CT molecular complexity index is 1670. The highest BCUT2D eigenvalue weighted by molar-refractivity contribution is 9.10. The van der Waals surface area contributed by atoms with Crippen molar-refractivity contribution in [3.05, 3.63) is 63.4 Å². The van der Waals surface area contributed by atoms with Crippen molar-refractivity contribution in [1.82, 2.24) is 34.3 Å². The fourth-order valence-corrected chi connectivity index (χ4v) is 5.24. The summed E-state index contributed by atoms with van der Waals surface area (Å²) in [5, 5.41) is 15.7. The summed E-state index contributed by atoms with van der Waals surface area (Å²) in [5.74, 6) is -1.45. The van der Waals surface area contributed by atoms with Crippen molar-refractivity contribution in [2.24, 2.45) is 12.8 Å². The van der Waals surface area contributed by atoms with E-state index in [9.17, 15) is 18.4 Å². The molecule has 0 aromatic carbocycles. The van der Waals surface area contributed by atoms with Gasteiger partial charge in [0, 0.05) is 36.6 Å². The van der Waals surface area contributed by atoms with Crippen LogP contribution in [0, 0.1) is 6.92 Å². The number of primary amides is 1. The molecule has 3 N–H and O–H groups in total. The lowest BCUT2D eigenvalue weighted by Crippen LogP contribution is -2.18. The first-order valence-electron chi connectivity index (χ1n) is 10.7. The number of nitrogens with one attached hydrogen (secondary N) is 1. The number of hydrogen-bond donors (Lipinski definition) is 2. The summed E-state index contributed by atoms with van der Waals surface area (Å²) in [4.78, 5) is 29.6. The molecular formula is C22H18BrF2N9O2S. The average molecular weight is 590 g/mol. The van der Waals surface area contributed by atoms with E-state index in [0.717, 1.165) is 15.8 Å². The smallest absolute Gasteiger partial charge is 0.280 e. The van der Waals surface area contributed by atoms with Crippen LogP contribution in [-0.4, -0.2) is 46.1 Å². The number of hydrogen-bond acceptors (Lipinski definition) is 7. The third kappa shape index (κ3) is 4.74. The van der Waals surface area contributed by atoms with Gasteiger partial charge in [0.25, 0.3) is 18.2 Å². The molecule has 0 spiro atoms. The zero-order valence-electron chi connectivity index (χ0n) is 19.3. The average Bonchev–Trinajstić information content (AvgIpc) is 3.61. The summed E-state index contributed by atoms with van der Waals surface area (Å²) in [6, 6.07) is 2.74. The van der Waals surface area contributed by atoms with Gasteiger partial charge in [-0.3, -0.25) is 19.0 Å². The van der Waals surface area contributed by atoms with Crippen LogP contribution in [0.1, 0.15) is 38.0 Å². The van der Waals surface area contributed by atoms with Crippen LogP contribution in [0.15, 0.2) is 41.4 Å². The summed E-state index contributed by atoms with van der Waals surface area (Å²) < 4.78 is 32.9. The molecule has 0 atom stereocenters. The second-order valence-electron chi connectivity index (χ2n) is 8.08. The van der Waals surface area contributed by atoms with Crippen molar-refractivity contribution < 1.29 is 18.4 Å². The van der Waals surface area contributed by atoms with Crippen molar-refractivity contribution in [2.45, 2.75) is 20.0 Å². The summed E-state index contributed by atoms with van der Waals surface area (Å²) in [6.07, 6.45) is 3.80. The van der Waals surface area contributed by atoms with E-state index in [1.54, 1.807) is 48.1 Å². The summed E-state index contributed by atoms with van der Waals surface area (Å²) in [7, 11) is 1.70. The molecule has 0 unspecified atom stereocenters. The molecule has 11 nitrogen and oxygen atoms in total. The number of aryl methyl sites for hydroxylation is 2. The number of carbonyl (C=O) groups is 2. The lowest BCUT2D eigenvalue weighted by molar-refractivity contribution is 0.100. The van der Waals surface area contributed by atoms with Crippen molar-refractivity contribution >= 4 is 55.0 Å². The Balaban J connectivity index is 1.59. The number of thiophene rings is 1. The maximum atomic E-state index is 13.7. The molecule has 0 radical (unpaired) electrons. The quantitative estimate of drug-likeness (QED) is 0.294. The summed E-state index contributed by atoms with van der Waals surface area (Å²) in [6.45, 7) is 1.99. The lowest BCUT2D eigenvalue weighted by Gasteiger charge is -2.10. The summed E-state index contributed by atoms with van der Waals surface area (Å²) >= 11 is 4.15. The lowest BCUT2D eigenvalue weighted by atomic mass is 10.0. The topological polar surface area (TPSA) is 139 Å². The number of rotatable bonds is 7. The summed E-state index contributed by atoms with van der Waals surface area (Å²) in [5.41, 5.74) is 6.75. The Morgan fingerprint density at radius 2 is 2.00 bits per heavy atom. The molecule has 0 saturated heterocycles. The predicted molar refractivity (Wildman–Crippen MR) is 136 cm³/mol. The number of carbonyl (C=O) groups excluding carboxylic acids is 2. The number of pyridine rings is 1. The standard InChI is InChI=1S/C22H18BrF2N9O2S/c1-10-13(8-32(2)30-10)12-5-15(19(24)25)28-22-16(12)17(18(37-22)20(26)35)29-21(36)14-3-4-33(31-14)9-34-7-11(23)6-27-34/h3-8,19H,9H2,1-2H3,(H2,26,35)(H,29,36). The number of alkyl halides is 2. The molecule has 0 fully saturated rings. The van der Waals surface area contributed by atoms with E-state index in [1.807, 2.05) is 0 Å². The van der Waals surface area contributed by atoms with E-state index in [-0.39, 0.29) is 27.8 Å². The molecule has 5 aromatic heterocycles. The molecule has 2 amide bonds. The van der Waals surface area contributed by atoms with Crippen LogP contribution in [0.5, 0.6) is 0 Å². The Morgan fingerprint density at radius 3 is 2.62 bits per heavy atom. The van der Waals surface area contributed by atoms with Gasteiger partial charge in [-0.1, -0.05) is 0 Å². The molecule has 5 rings (SSSR count). The SMILES string of the molecule is Cc1nn(C)cc1-c1cc(C(F)F)nc2sc(C(N)=O)c(NC(=O)c3ccn(Cn4cc(Br)cn4)n3)c12. The molecule has 0 aliphatic heterocycles. The van der Waals surface area contributed by atoms with E-state index in [1.165, 1.54) is 16.8 Å². The maximum Gasteiger partial charge on any atom is 0.280 e. The zero-order valence-corrected chi connectivity index (χ0v) is 21.7. The van der Waals surface area contributed by atoms with E-state index in [2.05, 4.69) is 41.5 Å². The second-order valence-corrected chi connectivity index (χ2v) is 10.00. The third-order valence-electron chi connectivity index (χ3n) is 5.44. The van der Waals surface area contributed by atoms with Gasteiger partial charge < -0.3 is 11.1 Å². The highest BCUT2D eigenvalue weighted by Gasteiger charge is 2.26. The van der Waals surface area contributed by atoms with Crippen molar-refractivity contribution in [1.29, 1.82) is 0 Å². The van der Waals surface area contributed by atoms with E-state index < -0.39 is 23.9 Å². The minimum atomic E-state index is -2.85. The van der Waals surface area contributed by atoms with Crippen molar-refractivity contribution in [2.75, 3.05) is 5.32 Å². The van der Waals surface area contributed by atoms with Crippen LogP contribution >= 0.6 is 27.3 Å². The van der Waals surface area contributed by atoms with Gasteiger partial charge in [-0.2, -0.15) is 15.3 Å². The van der Waals surface area contributed by atoms with Crippen LogP contribution in [0.2, 0.25) is 0 Å². The molecule has 0 saturated carbocycles. The number of anilines is 1. The van der Waals surface area contributed by atoms with E-state index in [4.69, 9.17) is 5.73 Å². The van der Waals surface area contributed by atoms with Crippen LogP contribution in [0.3, 0.4) is 0 Å². The maximum absolute atomic E-state index is 13.7. The third-order valence-corrected chi connectivity index (χ3v) is 6.94. The van der Waals surface area contributed by atoms with Crippen molar-refractivity contribution in [3.8, 4) is 11.1 Å². The number of halogens is 3. The minimum absolute atomic E-state index is 0.0223. The number of nitrogens with two attached hydrogens (primary N) is 1.